The van der Waals surface area contributed by atoms with E-state index in [1.165, 1.54) is 0 Å². The number of carbonyl (C=O) groups is 1. The predicted octanol–water partition coefficient (Wildman–Crippen LogP) is 1.82. The molecular weight excluding hydrogens is 206 g/mol. The minimum atomic E-state index is 0.142. The topological polar surface area (TPSA) is 60.9 Å². The molecule has 0 unspecified atom stereocenters. The van der Waals surface area contributed by atoms with Crippen LogP contribution in [0.3, 0.4) is 0 Å². The molecule has 84 valence electrons. The van der Waals surface area contributed by atoms with Crippen molar-refractivity contribution in [2.75, 3.05) is 0 Å². The number of hydrogen-bond donors (Lipinski definition) is 0. The van der Waals surface area contributed by atoms with Crippen molar-refractivity contribution in [3.05, 3.63) is 35.7 Å². The molecule has 0 radical (unpaired) electrons. The van der Waals surface area contributed by atoms with Gasteiger partial charge in [-0.3, -0.25) is 4.79 Å². The summed E-state index contributed by atoms with van der Waals surface area (Å²) in [7, 11) is 0. The number of Topliss-reactive ketones (excluding diaryl/α,β-unsaturated/α-hetero) is 1. The van der Waals surface area contributed by atoms with Crippen LogP contribution in [0, 0.1) is 6.92 Å². The van der Waals surface area contributed by atoms with Crippen molar-refractivity contribution in [2.24, 2.45) is 0 Å². The fraction of sp³-hybridized carbons (Fsp3) is 0.364. The fourth-order valence-corrected chi connectivity index (χ4v) is 1.48. The number of hydrogen-bond acceptors (Lipinski definition) is 4. The summed E-state index contributed by atoms with van der Waals surface area (Å²) in [5.74, 6) is 1.30. The first-order valence-electron chi connectivity index (χ1n) is 5.17. The molecule has 0 aliphatic heterocycles. The first-order chi connectivity index (χ1) is 7.69. The molecule has 2 heterocycles. The highest BCUT2D eigenvalue weighted by Crippen LogP contribution is 2.06. The van der Waals surface area contributed by atoms with Crippen molar-refractivity contribution >= 4 is 5.78 Å². The summed E-state index contributed by atoms with van der Waals surface area (Å²) in [5, 5.41) is 3.79. The van der Waals surface area contributed by atoms with Crippen molar-refractivity contribution in [1.29, 1.82) is 0 Å². The van der Waals surface area contributed by atoms with Gasteiger partial charge in [0.15, 0.2) is 11.6 Å². The van der Waals surface area contributed by atoms with E-state index in [2.05, 4.69) is 10.1 Å². The number of rotatable bonds is 4. The van der Waals surface area contributed by atoms with E-state index >= 15 is 0 Å². The van der Waals surface area contributed by atoms with Crippen molar-refractivity contribution < 1.29 is 9.32 Å². The summed E-state index contributed by atoms with van der Waals surface area (Å²) in [5.41, 5.74) is 0.725. The third kappa shape index (κ3) is 2.18. The Bertz CT molecular complexity index is 499. The molecule has 0 aliphatic carbocycles. The first-order valence-corrected chi connectivity index (χ1v) is 5.17. The standard InChI is InChI=1S/C11H13N3O2/c1-3-10(15)9-4-5-14(6-9)7-11-12-8(2)16-13-11/h4-6H,3,7H2,1-2H3. The Morgan fingerprint density at radius 3 is 3.00 bits per heavy atom. The Hall–Kier alpha value is -1.91. The number of aryl methyl sites for hydroxylation is 1. The molecule has 2 aromatic heterocycles. The van der Waals surface area contributed by atoms with Crippen LogP contribution in [0.4, 0.5) is 0 Å². The molecule has 0 spiro atoms. The third-order valence-electron chi connectivity index (χ3n) is 2.29. The Kier molecular flexibility index (Phi) is 2.85. The van der Waals surface area contributed by atoms with Crippen molar-refractivity contribution in [2.45, 2.75) is 26.8 Å². The molecule has 16 heavy (non-hydrogen) atoms. The lowest BCUT2D eigenvalue weighted by Gasteiger charge is -1.96. The van der Waals surface area contributed by atoms with Gasteiger partial charge < -0.3 is 9.09 Å². The molecule has 0 saturated carbocycles. The van der Waals surface area contributed by atoms with Gasteiger partial charge in [0.25, 0.3) is 0 Å². The van der Waals surface area contributed by atoms with Gasteiger partial charge in [-0.2, -0.15) is 4.98 Å². The summed E-state index contributed by atoms with van der Waals surface area (Å²) >= 11 is 0. The zero-order valence-corrected chi connectivity index (χ0v) is 9.30. The molecule has 5 heteroatoms. The van der Waals surface area contributed by atoms with E-state index in [9.17, 15) is 4.79 Å². The molecule has 0 aliphatic rings. The molecule has 0 fully saturated rings. The van der Waals surface area contributed by atoms with Crippen LogP contribution in [-0.2, 0) is 6.54 Å². The van der Waals surface area contributed by atoms with Crippen LogP contribution in [0.1, 0.15) is 35.4 Å². The normalized spacial score (nSPS) is 10.6. The molecule has 2 aromatic rings. The Labute approximate surface area is 93.1 Å². The molecule has 0 N–H and O–H groups in total. The maximum Gasteiger partial charge on any atom is 0.223 e. The Morgan fingerprint density at radius 2 is 2.38 bits per heavy atom. The van der Waals surface area contributed by atoms with Crippen LogP contribution in [-0.4, -0.2) is 20.5 Å². The van der Waals surface area contributed by atoms with Crippen molar-refractivity contribution in [3.63, 3.8) is 0 Å². The predicted molar refractivity (Wildman–Crippen MR) is 57.2 cm³/mol. The third-order valence-corrected chi connectivity index (χ3v) is 2.29. The number of ketones is 1. The maximum absolute atomic E-state index is 11.4. The zero-order valence-electron chi connectivity index (χ0n) is 9.30. The van der Waals surface area contributed by atoms with Gasteiger partial charge in [0, 0.05) is 31.3 Å². The van der Waals surface area contributed by atoms with Crippen LogP contribution in [0.25, 0.3) is 0 Å². The van der Waals surface area contributed by atoms with Crippen molar-refractivity contribution in [3.8, 4) is 0 Å². The minimum Gasteiger partial charge on any atom is -0.346 e. The Balaban J connectivity index is 2.11. The number of nitrogens with zero attached hydrogens (tertiary/aromatic N) is 3. The molecular formula is C11H13N3O2. The van der Waals surface area contributed by atoms with Gasteiger partial charge in [0.1, 0.15) is 0 Å². The number of aromatic nitrogens is 3. The SMILES string of the molecule is CCC(=O)c1ccn(Cc2noc(C)n2)c1. The second kappa shape index (κ2) is 4.30. The smallest absolute Gasteiger partial charge is 0.223 e. The summed E-state index contributed by atoms with van der Waals surface area (Å²) in [4.78, 5) is 15.5. The van der Waals surface area contributed by atoms with Gasteiger partial charge in [-0.15, -0.1) is 0 Å². The van der Waals surface area contributed by atoms with E-state index in [1.807, 2.05) is 17.7 Å². The van der Waals surface area contributed by atoms with E-state index in [-0.39, 0.29) is 5.78 Å². The highest BCUT2D eigenvalue weighted by molar-refractivity contribution is 5.95. The average Bonchev–Trinajstić information content (AvgIpc) is 2.87. The van der Waals surface area contributed by atoms with Crippen LogP contribution < -0.4 is 0 Å². The fourth-order valence-electron chi connectivity index (χ4n) is 1.48. The molecule has 0 atom stereocenters. The largest absolute Gasteiger partial charge is 0.346 e. The van der Waals surface area contributed by atoms with Crippen LogP contribution in [0.2, 0.25) is 0 Å². The van der Waals surface area contributed by atoms with Gasteiger partial charge in [0.2, 0.25) is 5.89 Å². The van der Waals surface area contributed by atoms with Gasteiger partial charge in [0.05, 0.1) is 6.54 Å². The van der Waals surface area contributed by atoms with E-state index < -0.39 is 0 Å². The quantitative estimate of drug-likeness (QED) is 0.736. The van der Waals surface area contributed by atoms with E-state index in [4.69, 9.17) is 4.52 Å². The second-order valence-corrected chi connectivity index (χ2v) is 3.58. The second-order valence-electron chi connectivity index (χ2n) is 3.58. The Morgan fingerprint density at radius 1 is 1.56 bits per heavy atom. The van der Waals surface area contributed by atoms with Gasteiger partial charge in [-0.1, -0.05) is 12.1 Å². The lowest BCUT2D eigenvalue weighted by molar-refractivity contribution is 0.0988. The molecule has 0 bridgehead atoms. The van der Waals surface area contributed by atoms with E-state index in [0.29, 0.717) is 24.7 Å². The molecule has 0 saturated heterocycles. The van der Waals surface area contributed by atoms with E-state index in [1.54, 1.807) is 19.2 Å². The van der Waals surface area contributed by atoms with Crippen LogP contribution >= 0.6 is 0 Å². The van der Waals surface area contributed by atoms with Crippen LogP contribution in [0.5, 0.6) is 0 Å². The molecule has 5 nitrogen and oxygen atoms in total. The maximum atomic E-state index is 11.4. The zero-order chi connectivity index (χ0) is 11.5. The summed E-state index contributed by atoms with van der Waals surface area (Å²) in [6.07, 6.45) is 4.16. The summed E-state index contributed by atoms with van der Waals surface area (Å²) < 4.78 is 6.74. The lowest BCUT2D eigenvalue weighted by atomic mass is 10.2. The van der Waals surface area contributed by atoms with Crippen LogP contribution in [0.15, 0.2) is 23.0 Å². The highest BCUT2D eigenvalue weighted by atomic mass is 16.5. The van der Waals surface area contributed by atoms with Crippen molar-refractivity contribution in [1.82, 2.24) is 14.7 Å². The average molecular weight is 219 g/mol. The van der Waals surface area contributed by atoms with Gasteiger partial charge in [-0.25, -0.2) is 0 Å². The summed E-state index contributed by atoms with van der Waals surface area (Å²) in [6.45, 7) is 4.12. The summed E-state index contributed by atoms with van der Waals surface area (Å²) in [6, 6.07) is 1.80. The van der Waals surface area contributed by atoms with Gasteiger partial charge >= 0.3 is 0 Å². The van der Waals surface area contributed by atoms with E-state index in [0.717, 1.165) is 5.56 Å². The highest BCUT2D eigenvalue weighted by Gasteiger charge is 2.07. The molecule has 2 rings (SSSR count). The first kappa shape index (κ1) is 10.6. The molecule has 0 aromatic carbocycles. The number of carbonyl (C=O) groups excluding carboxylic acids is 1. The monoisotopic (exact) mass is 219 g/mol. The van der Waals surface area contributed by atoms with Gasteiger partial charge in [-0.05, 0) is 6.07 Å². The lowest BCUT2D eigenvalue weighted by Crippen LogP contribution is -1.99. The molecule has 0 amide bonds. The minimum absolute atomic E-state index is 0.142.